The number of carbonyl (C=O) groups excluding carboxylic acids is 1. The van der Waals surface area contributed by atoms with Crippen molar-refractivity contribution >= 4 is 27.8 Å². The molecule has 0 radical (unpaired) electrons. The first kappa shape index (κ1) is 14.1. The normalized spacial score (nSPS) is 22.4. The van der Waals surface area contributed by atoms with Crippen LogP contribution in [0.25, 0.3) is 0 Å². The Labute approximate surface area is 120 Å². The van der Waals surface area contributed by atoms with Crippen LogP contribution >= 0.6 is 15.9 Å². The Morgan fingerprint density at radius 1 is 1.53 bits per heavy atom. The number of aromatic nitrogens is 1. The van der Waals surface area contributed by atoms with Crippen LogP contribution in [0, 0.1) is 5.92 Å². The summed E-state index contributed by atoms with van der Waals surface area (Å²) < 4.78 is 2.69. The fourth-order valence-electron chi connectivity index (χ4n) is 2.60. The summed E-state index contributed by atoms with van der Waals surface area (Å²) in [6, 6.07) is 1.49. The van der Waals surface area contributed by atoms with Crippen molar-refractivity contribution in [2.24, 2.45) is 5.92 Å². The number of nitrogens with zero attached hydrogens (tertiary/aromatic N) is 1. The van der Waals surface area contributed by atoms with E-state index in [0.29, 0.717) is 18.7 Å². The molecule has 1 amide bonds. The van der Waals surface area contributed by atoms with Crippen molar-refractivity contribution in [3.05, 3.63) is 22.4 Å². The molecule has 19 heavy (non-hydrogen) atoms. The molecular weight excluding hydrogens is 312 g/mol. The first-order valence-corrected chi connectivity index (χ1v) is 7.21. The molecule has 0 aliphatic heterocycles. The molecule has 1 aromatic rings. The predicted molar refractivity (Wildman–Crippen MR) is 74.0 cm³/mol. The Bertz CT molecular complexity index is 498. The van der Waals surface area contributed by atoms with Crippen LogP contribution in [0.15, 0.2) is 16.7 Å². The zero-order valence-corrected chi connectivity index (χ0v) is 12.3. The molecule has 1 saturated carbocycles. The number of aryl methyl sites for hydroxylation is 1. The molecule has 104 valence electrons. The highest BCUT2D eigenvalue weighted by Crippen LogP contribution is 2.26. The Morgan fingerprint density at radius 2 is 2.26 bits per heavy atom. The topological polar surface area (TPSA) is 71.3 Å². The monoisotopic (exact) mass is 328 g/mol. The molecule has 1 heterocycles. The second kappa shape index (κ2) is 5.77. The molecule has 0 spiro atoms. The molecule has 1 aliphatic carbocycles. The number of nitrogens with one attached hydrogen (secondary N) is 1. The van der Waals surface area contributed by atoms with Crippen LogP contribution in [0.3, 0.4) is 0 Å². The third kappa shape index (κ3) is 3.00. The highest BCUT2D eigenvalue weighted by atomic mass is 79.9. The quantitative estimate of drug-likeness (QED) is 0.890. The maximum atomic E-state index is 12.2. The van der Waals surface area contributed by atoms with Crippen molar-refractivity contribution in [1.82, 2.24) is 9.88 Å². The summed E-state index contributed by atoms with van der Waals surface area (Å²) in [5, 5.41) is 12.0. The van der Waals surface area contributed by atoms with Crippen molar-refractivity contribution in [3.63, 3.8) is 0 Å². The van der Waals surface area contributed by atoms with Crippen LogP contribution in [-0.4, -0.2) is 27.6 Å². The molecule has 1 fully saturated rings. The van der Waals surface area contributed by atoms with Gasteiger partial charge >= 0.3 is 5.97 Å². The summed E-state index contributed by atoms with van der Waals surface area (Å²) in [7, 11) is 0. The molecule has 0 aromatic carbocycles. The average Bonchev–Trinajstić information content (AvgIpc) is 2.95. The molecular formula is C13H17BrN2O3. The minimum absolute atomic E-state index is 0.203. The molecule has 2 rings (SSSR count). The molecule has 2 unspecified atom stereocenters. The minimum Gasteiger partial charge on any atom is -0.481 e. The van der Waals surface area contributed by atoms with Crippen molar-refractivity contribution in [2.45, 2.75) is 38.8 Å². The van der Waals surface area contributed by atoms with Gasteiger partial charge in [-0.3, -0.25) is 9.59 Å². The van der Waals surface area contributed by atoms with E-state index in [1.165, 1.54) is 0 Å². The van der Waals surface area contributed by atoms with E-state index in [1.807, 2.05) is 17.7 Å². The number of carboxylic acid groups (broad SMARTS) is 1. The minimum atomic E-state index is -0.824. The summed E-state index contributed by atoms with van der Waals surface area (Å²) >= 11 is 3.34. The van der Waals surface area contributed by atoms with Gasteiger partial charge < -0.3 is 15.0 Å². The summed E-state index contributed by atoms with van der Waals surface area (Å²) in [4.78, 5) is 23.3. The summed E-state index contributed by atoms with van der Waals surface area (Å²) in [6.07, 6.45) is 4.06. The second-order valence-corrected chi connectivity index (χ2v) is 5.70. The molecule has 6 heteroatoms. The smallest absolute Gasteiger partial charge is 0.308 e. The third-order valence-corrected chi connectivity index (χ3v) is 4.02. The number of halogens is 1. The summed E-state index contributed by atoms with van der Waals surface area (Å²) in [6.45, 7) is 2.65. The number of carboxylic acids is 1. The van der Waals surface area contributed by atoms with E-state index in [2.05, 4.69) is 21.2 Å². The highest BCUT2D eigenvalue weighted by molar-refractivity contribution is 9.10. The number of hydrogen-bond donors (Lipinski definition) is 2. The van der Waals surface area contributed by atoms with Crippen LogP contribution in [-0.2, 0) is 11.3 Å². The number of rotatable bonds is 4. The maximum Gasteiger partial charge on any atom is 0.308 e. The lowest BCUT2D eigenvalue weighted by Gasteiger charge is -2.18. The van der Waals surface area contributed by atoms with Gasteiger partial charge in [0, 0.05) is 23.3 Å². The van der Waals surface area contributed by atoms with E-state index in [-0.39, 0.29) is 11.9 Å². The van der Waals surface area contributed by atoms with Gasteiger partial charge in [0.2, 0.25) is 0 Å². The predicted octanol–water partition coefficient (Wildman–Crippen LogP) is 2.25. The Hall–Kier alpha value is -1.30. The molecule has 2 N–H and O–H groups in total. The fourth-order valence-corrected chi connectivity index (χ4v) is 3.06. The van der Waals surface area contributed by atoms with Crippen LogP contribution in [0.4, 0.5) is 0 Å². The third-order valence-electron chi connectivity index (χ3n) is 3.59. The van der Waals surface area contributed by atoms with E-state index in [1.54, 1.807) is 6.07 Å². The van der Waals surface area contributed by atoms with Gasteiger partial charge in [-0.25, -0.2) is 0 Å². The van der Waals surface area contributed by atoms with Gasteiger partial charge in [0.15, 0.2) is 0 Å². The second-order valence-electron chi connectivity index (χ2n) is 4.79. The number of amides is 1. The summed E-state index contributed by atoms with van der Waals surface area (Å²) in [5.41, 5.74) is 0.561. The van der Waals surface area contributed by atoms with Gasteiger partial charge in [-0.1, -0.05) is 6.42 Å². The standard InChI is InChI=1S/C13H17BrN2O3/c1-2-16-7-8(14)6-11(16)12(17)15-10-5-3-4-9(10)13(18)19/h6-7,9-10H,2-5H2,1H3,(H,15,17)(H,18,19). The molecule has 2 atom stereocenters. The first-order chi connectivity index (χ1) is 9.02. The van der Waals surface area contributed by atoms with Gasteiger partial charge in [0.1, 0.15) is 5.69 Å². The average molecular weight is 329 g/mol. The number of carbonyl (C=O) groups is 2. The molecule has 0 bridgehead atoms. The van der Waals surface area contributed by atoms with Crippen LogP contribution in [0.2, 0.25) is 0 Å². The van der Waals surface area contributed by atoms with E-state index < -0.39 is 11.9 Å². The van der Waals surface area contributed by atoms with Crippen LogP contribution in [0.5, 0.6) is 0 Å². The van der Waals surface area contributed by atoms with Gasteiger partial charge in [-0.2, -0.15) is 0 Å². The Balaban J connectivity index is 2.10. The molecule has 1 aliphatic rings. The van der Waals surface area contributed by atoms with Crippen LogP contribution < -0.4 is 5.32 Å². The van der Waals surface area contributed by atoms with Gasteiger partial charge in [0.25, 0.3) is 5.91 Å². The van der Waals surface area contributed by atoms with E-state index in [9.17, 15) is 9.59 Å². The van der Waals surface area contributed by atoms with E-state index in [4.69, 9.17) is 5.11 Å². The SMILES string of the molecule is CCn1cc(Br)cc1C(=O)NC1CCCC1C(=O)O. The van der Waals surface area contributed by atoms with Gasteiger partial charge in [-0.15, -0.1) is 0 Å². The molecule has 5 nitrogen and oxygen atoms in total. The fraction of sp³-hybridized carbons (Fsp3) is 0.538. The van der Waals surface area contributed by atoms with Crippen molar-refractivity contribution in [2.75, 3.05) is 0 Å². The number of aliphatic carboxylic acids is 1. The molecule has 0 saturated heterocycles. The van der Waals surface area contributed by atoms with Gasteiger partial charge in [0.05, 0.1) is 5.92 Å². The summed E-state index contributed by atoms with van der Waals surface area (Å²) in [5.74, 6) is -1.49. The Kier molecular flexibility index (Phi) is 4.29. The van der Waals surface area contributed by atoms with Crippen molar-refractivity contribution in [1.29, 1.82) is 0 Å². The Morgan fingerprint density at radius 3 is 2.89 bits per heavy atom. The zero-order chi connectivity index (χ0) is 14.0. The van der Waals surface area contributed by atoms with E-state index >= 15 is 0 Å². The van der Waals surface area contributed by atoms with Crippen molar-refractivity contribution in [3.8, 4) is 0 Å². The highest BCUT2D eigenvalue weighted by Gasteiger charge is 2.34. The number of hydrogen-bond acceptors (Lipinski definition) is 2. The van der Waals surface area contributed by atoms with E-state index in [0.717, 1.165) is 17.3 Å². The lowest BCUT2D eigenvalue weighted by atomic mass is 10.0. The van der Waals surface area contributed by atoms with Crippen molar-refractivity contribution < 1.29 is 14.7 Å². The van der Waals surface area contributed by atoms with Gasteiger partial charge in [-0.05, 0) is 41.8 Å². The first-order valence-electron chi connectivity index (χ1n) is 6.42. The molecule has 1 aromatic heterocycles. The zero-order valence-electron chi connectivity index (χ0n) is 10.7. The lowest BCUT2D eigenvalue weighted by molar-refractivity contribution is -0.142. The van der Waals surface area contributed by atoms with Crippen LogP contribution in [0.1, 0.15) is 36.7 Å². The maximum absolute atomic E-state index is 12.2. The largest absolute Gasteiger partial charge is 0.481 e. The lowest BCUT2D eigenvalue weighted by Crippen LogP contribution is -2.40.